The van der Waals surface area contributed by atoms with Gasteiger partial charge >= 0.3 is 83.0 Å². The van der Waals surface area contributed by atoms with Gasteiger partial charge in [0.15, 0.2) is 0 Å². The van der Waals surface area contributed by atoms with Crippen molar-refractivity contribution in [2.45, 2.75) is 13.8 Å². The number of anilines is 1. The number of benzene rings is 1. The van der Waals surface area contributed by atoms with Crippen molar-refractivity contribution in [2.24, 2.45) is 0 Å². The first-order chi connectivity index (χ1) is 5.77. The minimum atomic E-state index is 1.08. The third kappa shape index (κ3) is 2.28. The van der Waals surface area contributed by atoms with Crippen molar-refractivity contribution in [2.75, 3.05) is 18.0 Å². The molecule has 0 aromatic heterocycles. The first-order valence-corrected chi connectivity index (χ1v) is 5.25. The van der Waals surface area contributed by atoms with Crippen molar-refractivity contribution in [3.05, 3.63) is 24.3 Å². The van der Waals surface area contributed by atoms with Gasteiger partial charge in [-0.1, -0.05) is 0 Å². The molecule has 0 saturated carbocycles. The van der Waals surface area contributed by atoms with Crippen LogP contribution in [0, 0.1) is 0 Å². The second-order valence-corrected chi connectivity index (χ2v) is 3.77. The van der Waals surface area contributed by atoms with Crippen LogP contribution in [-0.4, -0.2) is 29.9 Å². The zero-order valence-corrected chi connectivity index (χ0v) is 9.49. The average molecular weight is 223 g/mol. The Morgan fingerprint density at radius 2 is 1.58 bits per heavy atom. The van der Waals surface area contributed by atoms with E-state index in [1.807, 2.05) is 0 Å². The molecule has 1 aromatic rings. The number of hydrogen-bond donors (Lipinski definition) is 0. The molecule has 0 unspecified atom stereocenters. The molecule has 0 heterocycles. The van der Waals surface area contributed by atoms with Crippen molar-refractivity contribution in [3.8, 4) is 0 Å². The second kappa shape index (κ2) is 4.57. The van der Waals surface area contributed by atoms with Crippen LogP contribution >= 0.6 is 0 Å². The molecular weight excluding hydrogens is 209 g/mol. The van der Waals surface area contributed by atoms with Crippen LogP contribution in [0.3, 0.4) is 0 Å². The van der Waals surface area contributed by atoms with E-state index >= 15 is 0 Å². The summed E-state index contributed by atoms with van der Waals surface area (Å²) in [6, 6.07) is 8.60. The summed E-state index contributed by atoms with van der Waals surface area (Å²) >= 11 is 2.55. The molecule has 12 heavy (non-hydrogen) atoms. The van der Waals surface area contributed by atoms with E-state index in [-0.39, 0.29) is 0 Å². The quantitative estimate of drug-likeness (QED) is 0.699. The van der Waals surface area contributed by atoms with Gasteiger partial charge in [-0.05, 0) is 0 Å². The van der Waals surface area contributed by atoms with E-state index in [1.165, 1.54) is 10.0 Å². The zero-order chi connectivity index (χ0) is 8.97. The van der Waals surface area contributed by atoms with E-state index in [2.05, 4.69) is 59.9 Å². The van der Waals surface area contributed by atoms with Crippen molar-refractivity contribution in [1.82, 2.24) is 0 Å². The summed E-state index contributed by atoms with van der Waals surface area (Å²) in [5, 5.41) is 0. The summed E-state index contributed by atoms with van der Waals surface area (Å²) < 4.78 is 1.26. The molecular formula is C10H14AsN. The number of rotatable bonds is 3. The molecule has 2 radical (unpaired) electrons. The maximum atomic E-state index is 2.55. The van der Waals surface area contributed by atoms with Gasteiger partial charge in [-0.3, -0.25) is 0 Å². The molecule has 0 fully saturated rings. The maximum absolute atomic E-state index is 2.55. The third-order valence-corrected chi connectivity index (χ3v) is 2.60. The Hall–Kier alpha value is -0.422. The van der Waals surface area contributed by atoms with Crippen LogP contribution in [-0.2, 0) is 0 Å². The van der Waals surface area contributed by atoms with Gasteiger partial charge < -0.3 is 0 Å². The van der Waals surface area contributed by atoms with Crippen LogP contribution in [0.15, 0.2) is 24.3 Å². The standard InChI is InChI=1S/C10H14AsN/c1-3-12(4-2)10-7-5-9(11)6-8-10/h5-8H,3-4H2,1-2H3. The molecule has 0 spiro atoms. The van der Waals surface area contributed by atoms with Crippen LogP contribution in [0.2, 0.25) is 0 Å². The molecule has 2 heteroatoms. The number of hydrogen-bond acceptors (Lipinski definition) is 1. The van der Waals surface area contributed by atoms with Crippen LogP contribution in [0.1, 0.15) is 13.8 Å². The Morgan fingerprint density at radius 1 is 1.08 bits per heavy atom. The van der Waals surface area contributed by atoms with Gasteiger partial charge in [-0.15, -0.1) is 0 Å². The van der Waals surface area contributed by atoms with Gasteiger partial charge in [0.25, 0.3) is 0 Å². The predicted octanol–water partition coefficient (Wildman–Crippen LogP) is 1.33. The van der Waals surface area contributed by atoms with Crippen molar-refractivity contribution in [1.29, 1.82) is 0 Å². The molecule has 1 rings (SSSR count). The van der Waals surface area contributed by atoms with Gasteiger partial charge in [-0.2, -0.15) is 0 Å². The Kier molecular flexibility index (Phi) is 3.68. The summed E-state index contributed by atoms with van der Waals surface area (Å²) in [6.45, 7) is 6.52. The second-order valence-electron chi connectivity index (χ2n) is 2.69. The Labute approximate surface area is 83.3 Å². The molecule has 0 amide bonds. The first kappa shape index (κ1) is 9.66. The molecule has 0 saturated heterocycles. The van der Waals surface area contributed by atoms with Gasteiger partial charge in [0.2, 0.25) is 0 Å². The topological polar surface area (TPSA) is 3.24 Å². The van der Waals surface area contributed by atoms with Gasteiger partial charge in [0.1, 0.15) is 0 Å². The van der Waals surface area contributed by atoms with E-state index in [0.29, 0.717) is 0 Å². The summed E-state index contributed by atoms with van der Waals surface area (Å²) in [5.41, 5.74) is 1.31. The van der Waals surface area contributed by atoms with Crippen LogP contribution in [0.5, 0.6) is 0 Å². The third-order valence-electron chi connectivity index (χ3n) is 1.98. The Morgan fingerprint density at radius 3 is 2.00 bits per heavy atom. The molecule has 0 aliphatic carbocycles. The van der Waals surface area contributed by atoms with Crippen molar-refractivity contribution < 1.29 is 0 Å². The van der Waals surface area contributed by atoms with Gasteiger partial charge in [0, 0.05) is 0 Å². The minimum absolute atomic E-state index is 1.08. The summed E-state index contributed by atoms with van der Waals surface area (Å²) in [7, 11) is 0. The van der Waals surface area contributed by atoms with Crippen LogP contribution < -0.4 is 9.25 Å². The van der Waals surface area contributed by atoms with Gasteiger partial charge in [0.05, 0.1) is 0 Å². The normalized spacial score (nSPS) is 9.92. The van der Waals surface area contributed by atoms with Crippen LogP contribution in [0.4, 0.5) is 5.69 Å². The number of nitrogens with zero attached hydrogens (tertiary/aromatic N) is 1. The van der Waals surface area contributed by atoms with Gasteiger partial charge in [-0.25, -0.2) is 0 Å². The van der Waals surface area contributed by atoms with E-state index in [1.54, 1.807) is 0 Å². The zero-order valence-electron chi connectivity index (χ0n) is 7.62. The molecule has 0 N–H and O–H groups in total. The Bertz CT molecular complexity index is 226. The fraction of sp³-hybridized carbons (Fsp3) is 0.400. The predicted molar refractivity (Wildman–Crippen MR) is 55.4 cm³/mol. The summed E-state index contributed by atoms with van der Waals surface area (Å²) in [4.78, 5) is 2.34. The molecule has 0 bridgehead atoms. The molecule has 0 atom stereocenters. The summed E-state index contributed by atoms with van der Waals surface area (Å²) in [5.74, 6) is 0. The average Bonchev–Trinajstić information content (AvgIpc) is 2.10. The fourth-order valence-corrected chi connectivity index (χ4v) is 1.56. The fourth-order valence-electron chi connectivity index (χ4n) is 1.25. The summed E-state index contributed by atoms with van der Waals surface area (Å²) in [6.07, 6.45) is 0. The first-order valence-electron chi connectivity index (χ1n) is 4.32. The van der Waals surface area contributed by atoms with E-state index in [9.17, 15) is 0 Å². The molecule has 0 aliphatic heterocycles. The molecule has 1 nitrogen and oxygen atoms in total. The Balaban J connectivity index is 2.80. The molecule has 0 aliphatic rings. The molecule has 64 valence electrons. The molecule has 1 aromatic carbocycles. The van der Waals surface area contributed by atoms with E-state index < -0.39 is 0 Å². The SMILES string of the molecule is CCN(CC)c1ccc([As])cc1. The van der Waals surface area contributed by atoms with E-state index in [0.717, 1.165) is 13.1 Å². The monoisotopic (exact) mass is 223 g/mol. The van der Waals surface area contributed by atoms with Crippen molar-refractivity contribution in [3.63, 3.8) is 0 Å². The van der Waals surface area contributed by atoms with E-state index in [4.69, 9.17) is 0 Å². The van der Waals surface area contributed by atoms with Crippen molar-refractivity contribution >= 4 is 26.9 Å². The van der Waals surface area contributed by atoms with Crippen LogP contribution in [0.25, 0.3) is 0 Å².